The van der Waals surface area contributed by atoms with Crippen molar-refractivity contribution in [3.05, 3.63) is 33.8 Å². The van der Waals surface area contributed by atoms with Gasteiger partial charge in [-0.2, -0.15) is 0 Å². The van der Waals surface area contributed by atoms with Crippen LogP contribution in [-0.2, 0) is 9.59 Å². The minimum atomic E-state index is -0.355. The summed E-state index contributed by atoms with van der Waals surface area (Å²) in [6.45, 7) is 4.28. The molecule has 1 aromatic rings. The van der Waals surface area contributed by atoms with Crippen molar-refractivity contribution < 1.29 is 9.59 Å². The summed E-state index contributed by atoms with van der Waals surface area (Å²) < 4.78 is 0. The average molecular weight is 346 g/mol. The predicted molar refractivity (Wildman–Crippen MR) is 88.9 cm³/mol. The second-order valence-corrected chi connectivity index (χ2v) is 5.73. The molecule has 3 N–H and O–H groups in total. The van der Waals surface area contributed by atoms with E-state index in [1.807, 2.05) is 19.9 Å². The largest absolute Gasteiger partial charge is 0.346 e. The fourth-order valence-corrected chi connectivity index (χ4v) is 2.38. The second kappa shape index (κ2) is 8.98. The summed E-state index contributed by atoms with van der Waals surface area (Å²) in [5.74, 6) is -0.519. The topological polar surface area (TPSA) is 75.4 Å². The van der Waals surface area contributed by atoms with Gasteiger partial charge in [-0.15, -0.1) is 0 Å². The molecule has 22 heavy (non-hydrogen) atoms. The number of amides is 2. The zero-order valence-corrected chi connectivity index (χ0v) is 14.2. The van der Waals surface area contributed by atoms with Crippen LogP contribution in [0.4, 0.5) is 0 Å². The summed E-state index contributed by atoms with van der Waals surface area (Å²) >= 11 is 12.0. The van der Waals surface area contributed by atoms with Gasteiger partial charge in [-0.25, -0.2) is 0 Å². The first-order chi connectivity index (χ1) is 10.4. The zero-order chi connectivity index (χ0) is 16.7. The van der Waals surface area contributed by atoms with Gasteiger partial charge in [-0.3, -0.25) is 9.59 Å². The zero-order valence-electron chi connectivity index (χ0n) is 12.7. The first-order valence-corrected chi connectivity index (χ1v) is 7.87. The molecule has 0 heterocycles. The average Bonchev–Trinajstić information content (AvgIpc) is 2.51. The molecular formula is C15H21Cl2N3O2. The van der Waals surface area contributed by atoms with Crippen molar-refractivity contribution in [3.8, 4) is 0 Å². The van der Waals surface area contributed by atoms with Gasteiger partial charge in [-0.05, 0) is 31.0 Å². The molecule has 0 saturated carbocycles. The van der Waals surface area contributed by atoms with Gasteiger partial charge < -0.3 is 16.0 Å². The normalized spacial score (nSPS) is 11.9. The standard InChI is InChI=1S/C15H21Cl2N3O2/c1-3-6-20(15(22)9-19-14(21)8-18)10(2)11-4-5-12(16)13(17)7-11/h4-5,7,10H,3,6,8-9,18H2,1-2H3,(H,19,21). The molecule has 1 atom stereocenters. The molecule has 0 aliphatic rings. The third-order valence-electron chi connectivity index (χ3n) is 3.30. The quantitative estimate of drug-likeness (QED) is 0.796. The van der Waals surface area contributed by atoms with Crippen LogP contribution in [0.1, 0.15) is 31.9 Å². The van der Waals surface area contributed by atoms with Crippen molar-refractivity contribution in [2.45, 2.75) is 26.3 Å². The maximum absolute atomic E-state index is 12.3. The van der Waals surface area contributed by atoms with Gasteiger partial charge in [0.05, 0.1) is 29.2 Å². The Balaban J connectivity index is 2.85. The Kier molecular flexibility index (Phi) is 7.65. The molecule has 1 rings (SSSR count). The molecular weight excluding hydrogens is 325 g/mol. The number of nitrogens with one attached hydrogen (secondary N) is 1. The lowest BCUT2D eigenvalue weighted by atomic mass is 10.1. The Morgan fingerprint density at radius 2 is 2.00 bits per heavy atom. The lowest BCUT2D eigenvalue weighted by molar-refractivity contribution is -0.134. The highest BCUT2D eigenvalue weighted by atomic mass is 35.5. The molecule has 0 aliphatic heterocycles. The number of halogens is 2. The summed E-state index contributed by atoms with van der Waals surface area (Å²) in [6.07, 6.45) is 0.808. The van der Waals surface area contributed by atoms with Gasteiger partial charge in [0.2, 0.25) is 11.8 Å². The Morgan fingerprint density at radius 1 is 1.32 bits per heavy atom. The third kappa shape index (κ3) is 5.16. The van der Waals surface area contributed by atoms with E-state index in [0.29, 0.717) is 16.6 Å². The molecule has 1 aromatic carbocycles. The van der Waals surface area contributed by atoms with Crippen molar-refractivity contribution >= 4 is 35.0 Å². The first-order valence-electron chi connectivity index (χ1n) is 7.11. The number of nitrogens with two attached hydrogens (primary N) is 1. The van der Waals surface area contributed by atoms with Crippen LogP contribution in [0.2, 0.25) is 10.0 Å². The fraction of sp³-hybridized carbons (Fsp3) is 0.467. The second-order valence-electron chi connectivity index (χ2n) is 4.92. The molecule has 7 heteroatoms. The van der Waals surface area contributed by atoms with Crippen molar-refractivity contribution in [2.75, 3.05) is 19.6 Å². The van der Waals surface area contributed by atoms with Gasteiger partial charge >= 0.3 is 0 Å². The maximum atomic E-state index is 12.3. The van der Waals surface area contributed by atoms with Gasteiger partial charge in [-0.1, -0.05) is 36.2 Å². The van der Waals surface area contributed by atoms with E-state index in [0.717, 1.165) is 12.0 Å². The van der Waals surface area contributed by atoms with Crippen LogP contribution in [0.25, 0.3) is 0 Å². The molecule has 0 saturated heterocycles. The van der Waals surface area contributed by atoms with Crippen LogP contribution in [0.15, 0.2) is 18.2 Å². The monoisotopic (exact) mass is 345 g/mol. The summed E-state index contributed by atoms with van der Waals surface area (Å²) in [5.41, 5.74) is 6.10. The van der Waals surface area contributed by atoms with Crippen molar-refractivity contribution in [2.24, 2.45) is 5.73 Å². The molecule has 2 amide bonds. The molecule has 0 aromatic heterocycles. The van der Waals surface area contributed by atoms with E-state index >= 15 is 0 Å². The molecule has 0 fully saturated rings. The van der Waals surface area contributed by atoms with Crippen LogP contribution in [-0.4, -0.2) is 36.3 Å². The molecule has 0 radical (unpaired) electrons. The van der Waals surface area contributed by atoms with E-state index in [1.165, 1.54) is 0 Å². The highest BCUT2D eigenvalue weighted by Crippen LogP contribution is 2.28. The van der Waals surface area contributed by atoms with Crippen molar-refractivity contribution in [1.82, 2.24) is 10.2 Å². The smallest absolute Gasteiger partial charge is 0.242 e. The Labute approximate surface area is 140 Å². The summed E-state index contributed by atoms with van der Waals surface area (Å²) in [6, 6.07) is 5.13. The number of nitrogens with zero attached hydrogens (tertiary/aromatic N) is 1. The molecule has 0 aliphatic carbocycles. The van der Waals surface area contributed by atoms with Crippen LogP contribution in [0, 0.1) is 0 Å². The van der Waals surface area contributed by atoms with E-state index < -0.39 is 0 Å². The lowest BCUT2D eigenvalue weighted by Crippen LogP contribution is -2.43. The highest BCUT2D eigenvalue weighted by molar-refractivity contribution is 6.42. The Hall–Kier alpha value is -1.30. The molecule has 5 nitrogen and oxygen atoms in total. The highest BCUT2D eigenvalue weighted by Gasteiger charge is 2.21. The van der Waals surface area contributed by atoms with Crippen LogP contribution >= 0.6 is 23.2 Å². The summed E-state index contributed by atoms with van der Waals surface area (Å²) in [4.78, 5) is 25.2. The maximum Gasteiger partial charge on any atom is 0.242 e. The van der Waals surface area contributed by atoms with E-state index in [2.05, 4.69) is 5.32 Å². The Morgan fingerprint density at radius 3 is 2.55 bits per heavy atom. The molecule has 1 unspecified atom stereocenters. The van der Waals surface area contributed by atoms with Gasteiger partial charge in [0.15, 0.2) is 0 Å². The first kappa shape index (κ1) is 18.7. The number of carbonyl (C=O) groups excluding carboxylic acids is 2. The minimum Gasteiger partial charge on any atom is -0.346 e. The number of carbonyl (C=O) groups is 2. The lowest BCUT2D eigenvalue weighted by Gasteiger charge is -2.29. The molecule has 0 bridgehead atoms. The number of benzene rings is 1. The van der Waals surface area contributed by atoms with E-state index in [4.69, 9.17) is 28.9 Å². The fourth-order valence-electron chi connectivity index (χ4n) is 2.08. The van der Waals surface area contributed by atoms with E-state index in [9.17, 15) is 9.59 Å². The van der Waals surface area contributed by atoms with Crippen LogP contribution < -0.4 is 11.1 Å². The number of hydrogen-bond acceptors (Lipinski definition) is 3. The van der Waals surface area contributed by atoms with Crippen LogP contribution in [0.5, 0.6) is 0 Å². The minimum absolute atomic E-state index is 0.0678. The number of hydrogen-bond donors (Lipinski definition) is 2. The van der Waals surface area contributed by atoms with Crippen LogP contribution in [0.3, 0.4) is 0 Å². The van der Waals surface area contributed by atoms with Crippen molar-refractivity contribution in [3.63, 3.8) is 0 Å². The van der Waals surface area contributed by atoms with Gasteiger partial charge in [0, 0.05) is 6.54 Å². The molecule has 122 valence electrons. The summed E-state index contributed by atoms with van der Waals surface area (Å²) in [5, 5.41) is 3.42. The van der Waals surface area contributed by atoms with E-state index in [-0.39, 0.29) is 30.9 Å². The predicted octanol–water partition coefficient (Wildman–Crippen LogP) is 2.37. The SMILES string of the molecule is CCCN(C(=O)CNC(=O)CN)C(C)c1ccc(Cl)c(Cl)c1. The third-order valence-corrected chi connectivity index (χ3v) is 4.04. The number of rotatable bonds is 7. The van der Waals surface area contributed by atoms with Crippen molar-refractivity contribution in [1.29, 1.82) is 0 Å². The van der Waals surface area contributed by atoms with Gasteiger partial charge in [0.25, 0.3) is 0 Å². The Bertz CT molecular complexity index is 538. The van der Waals surface area contributed by atoms with Gasteiger partial charge in [0.1, 0.15) is 0 Å². The van der Waals surface area contributed by atoms with E-state index in [1.54, 1.807) is 17.0 Å². The summed E-state index contributed by atoms with van der Waals surface area (Å²) in [7, 11) is 0. The molecule has 0 spiro atoms.